The van der Waals surface area contributed by atoms with E-state index in [1.54, 1.807) is 30.3 Å². The molecule has 0 unspecified atom stereocenters. The number of hydrogen-bond acceptors (Lipinski definition) is 4. The zero-order valence-corrected chi connectivity index (χ0v) is 14.6. The predicted molar refractivity (Wildman–Crippen MR) is 92.6 cm³/mol. The van der Waals surface area contributed by atoms with Gasteiger partial charge in [0.1, 0.15) is 5.75 Å². The molecule has 0 aliphatic heterocycles. The molecule has 2 aromatic rings. The maximum atomic E-state index is 11.6. The Morgan fingerprint density at radius 1 is 1.26 bits per heavy atom. The van der Waals surface area contributed by atoms with Crippen LogP contribution in [0.1, 0.15) is 11.1 Å². The van der Waals surface area contributed by atoms with Crippen LogP contribution in [0.3, 0.4) is 0 Å². The van der Waals surface area contributed by atoms with Crippen molar-refractivity contribution in [2.24, 2.45) is 10.9 Å². The van der Waals surface area contributed by atoms with Crippen LogP contribution in [0.5, 0.6) is 5.75 Å². The topological polar surface area (TPSA) is 73.9 Å². The molecule has 2 rings (SSSR count). The molecule has 0 aliphatic rings. The first-order valence-corrected chi connectivity index (χ1v) is 7.81. The molecule has 5 nitrogen and oxygen atoms in total. The number of benzene rings is 2. The van der Waals surface area contributed by atoms with E-state index in [2.05, 4.69) is 21.1 Å². The van der Waals surface area contributed by atoms with E-state index in [9.17, 15) is 4.79 Å². The van der Waals surface area contributed by atoms with E-state index in [4.69, 9.17) is 26.9 Å². The number of amidine groups is 1. The number of carbonyl (C=O) groups is 1. The maximum absolute atomic E-state index is 11.6. The van der Waals surface area contributed by atoms with Crippen LogP contribution in [0.2, 0.25) is 5.02 Å². The van der Waals surface area contributed by atoms with Gasteiger partial charge in [0.15, 0.2) is 12.4 Å². The molecular weight excluding hydrogens is 384 g/mol. The van der Waals surface area contributed by atoms with Gasteiger partial charge in [-0.1, -0.05) is 44.8 Å². The number of hydrogen-bond donors (Lipinski definition) is 1. The van der Waals surface area contributed by atoms with Crippen LogP contribution in [0.15, 0.2) is 52.1 Å². The van der Waals surface area contributed by atoms with E-state index < -0.39 is 5.97 Å². The second-order valence-electron chi connectivity index (χ2n) is 4.65. The molecular formula is C16H14BrClN2O3. The Morgan fingerprint density at radius 2 is 1.96 bits per heavy atom. The molecule has 0 radical (unpaired) electrons. The number of halogens is 2. The van der Waals surface area contributed by atoms with Crippen LogP contribution in [0.4, 0.5) is 0 Å². The summed E-state index contributed by atoms with van der Waals surface area (Å²) in [4.78, 5) is 16.3. The summed E-state index contributed by atoms with van der Waals surface area (Å²) in [6.07, 6.45) is 0. The average molecular weight is 398 g/mol. The summed E-state index contributed by atoms with van der Waals surface area (Å²) >= 11 is 9.23. The Kier molecular flexibility index (Phi) is 6.01. The highest BCUT2D eigenvalue weighted by Crippen LogP contribution is 2.20. The van der Waals surface area contributed by atoms with Crippen LogP contribution in [-0.2, 0) is 9.63 Å². The number of oxime groups is 1. The number of aryl methyl sites for hydroxylation is 1. The van der Waals surface area contributed by atoms with Crippen molar-refractivity contribution < 1.29 is 14.4 Å². The Bertz CT molecular complexity index is 733. The van der Waals surface area contributed by atoms with Crippen LogP contribution < -0.4 is 10.5 Å². The number of nitrogens with two attached hydrogens (primary N) is 1. The minimum Gasteiger partial charge on any atom is -0.482 e. The highest BCUT2D eigenvalue weighted by Gasteiger charge is 2.07. The lowest BCUT2D eigenvalue weighted by Gasteiger charge is -2.06. The monoisotopic (exact) mass is 396 g/mol. The second kappa shape index (κ2) is 7.99. The van der Waals surface area contributed by atoms with Gasteiger partial charge in [0.05, 0.1) is 0 Å². The molecule has 0 fully saturated rings. The SMILES string of the molecule is Cc1cc(OCC(=O)O/N=C(/N)c2ccc(Br)cc2)ccc1Cl. The summed E-state index contributed by atoms with van der Waals surface area (Å²) < 4.78 is 6.22. The lowest BCUT2D eigenvalue weighted by Crippen LogP contribution is -2.17. The highest BCUT2D eigenvalue weighted by molar-refractivity contribution is 9.10. The zero-order chi connectivity index (χ0) is 16.8. The fraction of sp³-hybridized carbons (Fsp3) is 0.125. The first kappa shape index (κ1) is 17.3. The first-order valence-electron chi connectivity index (χ1n) is 6.64. The average Bonchev–Trinajstić information content (AvgIpc) is 2.54. The fourth-order valence-electron chi connectivity index (χ4n) is 1.65. The third kappa shape index (κ3) is 5.26. The number of nitrogens with zero attached hydrogens (tertiary/aromatic N) is 1. The summed E-state index contributed by atoms with van der Waals surface area (Å²) in [5.74, 6) is -0.0282. The molecule has 0 aliphatic carbocycles. The van der Waals surface area contributed by atoms with Crippen molar-refractivity contribution in [3.8, 4) is 5.75 Å². The van der Waals surface area contributed by atoms with E-state index in [0.717, 1.165) is 10.0 Å². The van der Waals surface area contributed by atoms with Gasteiger partial charge in [0.25, 0.3) is 0 Å². The molecule has 23 heavy (non-hydrogen) atoms. The quantitative estimate of drug-likeness (QED) is 0.362. The van der Waals surface area contributed by atoms with Crippen LogP contribution in [-0.4, -0.2) is 18.4 Å². The third-order valence-electron chi connectivity index (χ3n) is 2.87. The smallest absolute Gasteiger partial charge is 0.372 e. The van der Waals surface area contributed by atoms with Crippen molar-refractivity contribution in [1.82, 2.24) is 0 Å². The van der Waals surface area contributed by atoms with E-state index in [1.807, 2.05) is 19.1 Å². The second-order valence-corrected chi connectivity index (χ2v) is 5.97. The highest BCUT2D eigenvalue weighted by atomic mass is 79.9. The molecule has 0 bridgehead atoms. The Labute approximate surface area is 147 Å². The summed E-state index contributed by atoms with van der Waals surface area (Å²) in [6, 6.07) is 12.2. The van der Waals surface area contributed by atoms with Crippen molar-refractivity contribution in [2.45, 2.75) is 6.92 Å². The summed E-state index contributed by atoms with van der Waals surface area (Å²) in [7, 11) is 0. The Morgan fingerprint density at radius 3 is 2.61 bits per heavy atom. The van der Waals surface area contributed by atoms with Crippen molar-refractivity contribution in [3.63, 3.8) is 0 Å². The van der Waals surface area contributed by atoms with Gasteiger partial charge in [-0.05, 0) is 42.8 Å². The molecule has 2 N–H and O–H groups in total. The summed E-state index contributed by atoms with van der Waals surface area (Å²) in [6.45, 7) is 1.56. The Hall–Kier alpha value is -2.05. The predicted octanol–water partition coefficient (Wildman–Crippen LogP) is 3.65. The number of rotatable bonds is 5. The van der Waals surface area contributed by atoms with Gasteiger partial charge in [0, 0.05) is 15.1 Å². The molecule has 2 aromatic carbocycles. The summed E-state index contributed by atoms with van der Waals surface area (Å²) in [5.41, 5.74) is 7.24. The molecule has 0 saturated carbocycles. The lowest BCUT2D eigenvalue weighted by atomic mass is 10.2. The van der Waals surface area contributed by atoms with Crippen LogP contribution >= 0.6 is 27.5 Å². The first-order chi connectivity index (χ1) is 11.0. The zero-order valence-electron chi connectivity index (χ0n) is 12.3. The van der Waals surface area contributed by atoms with Gasteiger partial charge in [-0.3, -0.25) is 0 Å². The summed E-state index contributed by atoms with van der Waals surface area (Å²) in [5, 5.41) is 4.23. The molecule has 0 aromatic heterocycles. The van der Waals surface area contributed by atoms with Crippen LogP contribution in [0.25, 0.3) is 0 Å². The minimum absolute atomic E-state index is 0.105. The number of ether oxygens (including phenoxy) is 1. The van der Waals surface area contributed by atoms with Crippen molar-refractivity contribution in [1.29, 1.82) is 0 Å². The molecule has 0 spiro atoms. The van der Waals surface area contributed by atoms with E-state index in [0.29, 0.717) is 16.3 Å². The largest absolute Gasteiger partial charge is 0.482 e. The normalized spacial score (nSPS) is 11.2. The van der Waals surface area contributed by atoms with Gasteiger partial charge in [-0.25, -0.2) is 4.79 Å². The van der Waals surface area contributed by atoms with Crippen molar-refractivity contribution >= 4 is 39.3 Å². The van der Waals surface area contributed by atoms with Gasteiger partial charge in [-0.2, -0.15) is 0 Å². The molecule has 0 atom stereocenters. The van der Waals surface area contributed by atoms with Crippen molar-refractivity contribution in [2.75, 3.05) is 6.61 Å². The maximum Gasteiger partial charge on any atom is 0.372 e. The Balaban J connectivity index is 1.88. The molecule has 7 heteroatoms. The standard InChI is InChI=1S/C16H14BrClN2O3/c1-10-8-13(6-7-14(10)18)22-9-15(21)23-20-16(19)11-2-4-12(17)5-3-11/h2-8H,9H2,1H3,(H2,19,20). The number of carbonyl (C=O) groups excluding carboxylic acids is 1. The fourth-order valence-corrected chi connectivity index (χ4v) is 2.03. The minimum atomic E-state index is -0.655. The molecule has 0 heterocycles. The van der Waals surface area contributed by atoms with Gasteiger partial charge in [0.2, 0.25) is 0 Å². The van der Waals surface area contributed by atoms with Gasteiger partial charge < -0.3 is 15.3 Å². The molecule has 0 saturated heterocycles. The van der Waals surface area contributed by atoms with Gasteiger partial charge >= 0.3 is 5.97 Å². The van der Waals surface area contributed by atoms with Crippen LogP contribution in [0, 0.1) is 6.92 Å². The van der Waals surface area contributed by atoms with E-state index in [-0.39, 0.29) is 12.4 Å². The van der Waals surface area contributed by atoms with E-state index in [1.165, 1.54) is 0 Å². The van der Waals surface area contributed by atoms with Gasteiger partial charge in [-0.15, -0.1) is 0 Å². The molecule has 120 valence electrons. The molecule has 0 amide bonds. The lowest BCUT2D eigenvalue weighted by molar-refractivity contribution is -0.146. The third-order valence-corrected chi connectivity index (χ3v) is 3.82. The van der Waals surface area contributed by atoms with Crippen molar-refractivity contribution in [3.05, 3.63) is 63.1 Å². The van der Waals surface area contributed by atoms with E-state index >= 15 is 0 Å².